The summed E-state index contributed by atoms with van der Waals surface area (Å²) in [6.07, 6.45) is -3.24. The maximum Gasteiger partial charge on any atom is 0.408 e. The number of carbonyl (C=O) groups is 1. The van der Waals surface area contributed by atoms with Gasteiger partial charge in [-0.05, 0) is 6.92 Å². The molecule has 0 aliphatic rings. The number of hydrogen-bond acceptors (Lipinski definition) is 3. The number of ketones is 1. The van der Waals surface area contributed by atoms with Crippen LogP contribution in [0.2, 0.25) is 0 Å². The Balaban J connectivity index is 0.00000225. The molecular formula is C8H11ClF3N3O. The number of alkyl halides is 3. The van der Waals surface area contributed by atoms with Crippen LogP contribution in [0.15, 0.2) is 6.20 Å². The average molecular weight is 258 g/mol. The molecule has 92 valence electrons. The van der Waals surface area contributed by atoms with Crippen molar-refractivity contribution >= 4 is 18.2 Å². The lowest BCUT2D eigenvalue weighted by Gasteiger charge is -2.08. The number of aromatic nitrogens is 2. The summed E-state index contributed by atoms with van der Waals surface area (Å²) in [5.74, 6) is -0.416. The Hall–Kier alpha value is -1.08. The third-order valence-corrected chi connectivity index (χ3v) is 1.92. The molecule has 0 aliphatic carbocycles. The van der Waals surface area contributed by atoms with Gasteiger partial charge in [0, 0.05) is 5.69 Å². The first-order valence-electron chi connectivity index (χ1n) is 4.17. The number of hydrogen-bond donors (Lipinski definition) is 1. The highest BCUT2D eigenvalue weighted by molar-refractivity contribution is 5.98. The summed E-state index contributed by atoms with van der Waals surface area (Å²) in [5, 5.41) is 3.49. The van der Waals surface area contributed by atoms with Crippen molar-refractivity contribution in [1.29, 1.82) is 0 Å². The zero-order valence-electron chi connectivity index (χ0n) is 8.41. The number of nitrogens with two attached hydrogens (primary N) is 1. The SMILES string of the molecule is Cc1c(C(=O)CN)cnn1CC(F)(F)F.Cl. The fourth-order valence-electron chi connectivity index (χ4n) is 1.16. The predicted molar refractivity (Wildman–Crippen MR) is 53.7 cm³/mol. The minimum Gasteiger partial charge on any atom is -0.324 e. The van der Waals surface area contributed by atoms with Gasteiger partial charge in [0.1, 0.15) is 6.54 Å². The maximum absolute atomic E-state index is 12.0. The highest BCUT2D eigenvalue weighted by Crippen LogP contribution is 2.19. The summed E-state index contributed by atoms with van der Waals surface area (Å²) in [6.45, 7) is -0.0309. The lowest BCUT2D eigenvalue weighted by molar-refractivity contribution is -0.142. The van der Waals surface area contributed by atoms with Crippen molar-refractivity contribution in [2.24, 2.45) is 5.73 Å². The van der Waals surface area contributed by atoms with Crippen LogP contribution in [0.3, 0.4) is 0 Å². The summed E-state index contributed by atoms with van der Waals surface area (Å²) < 4.78 is 36.9. The summed E-state index contributed by atoms with van der Waals surface area (Å²) >= 11 is 0. The molecule has 4 nitrogen and oxygen atoms in total. The van der Waals surface area contributed by atoms with Crippen molar-refractivity contribution in [3.63, 3.8) is 0 Å². The predicted octanol–water partition coefficient (Wildman–Crippen LogP) is 1.32. The van der Waals surface area contributed by atoms with E-state index in [0.29, 0.717) is 0 Å². The van der Waals surface area contributed by atoms with Crippen LogP contribution in [0.1, 0.15) is 16.1 Å². The van der Waals surface area contributed by atoms with Gasteiger partial charge >= 0.3 is 6.18 Å². The molecule has 0 atom stereocenters. The van der Waals surface area contributed by atoms with Gasteiger partial charge in [-0.3, -0.25) is 9.48 Å². The van der Waals surface area contributed by atoms with Crippen molar-refractivity contribution in [3.8, 4) is 0 Å². The molecule has 1 heterocycles. The molecule has 0 radical (unpaired) electrons. The van der Waals surface area contributed by atoms with E-state index >= 15 is 0 Å². The van der Waals surface area contributed by atoms with Crippen molar-refractivity contribution in [3.05, 3.63) is 17.5 Å². The Morgan fingerprint density at radius 1 is 1.56 bits per heavy atom. The van der Waals surface area contributed by atoms with Crippen molar-refractivity contribution in [2.45, 2.75) is 19.6 Å². The second-order valence-electron chi connectivity index (χ2n) is 3.04. The van der Waals surface area contributed by atoms with Crippen molar-refractivity contribution in [1.82, 2.24) is 9.78 Å². The molecule has 1 aromatic heterocycles. The highest BCUT2D eigenvalue weighted by Gasteiger charge is 2.29. The molecule has 1 rings (SSSR count). The van der Waals surface area contributed by atoms with Crippen molar-refractivity contribution in [2.75, 3.05) is 6.54 Å². The Morgan fingerprint density at radius 3 is 2.56 bits per heavy atom. The topological polar surface area (TPSA) is 60.9 Å². The van der Waals surface area contributed by atoms with Crippen LogP contribution in [-0.2, 0) is 6.54 Å². The molecule has 0 fully saturated rings. The lowest BCUT2D eigenvalue weighted by Crippen LogP contribution is -2.20. The fraction of sp³-hybridized carbons (Fsp3) is 0.500. The van der Waals surface area contributed by atoms with Crippen LogP contribution in [0.4, 0.5) is 13.2 Å². The summed E-state index contributed by atoms with van der Waals surface area (Å²) in [4.78, 5) is 11.2. The van der Waals surface area contributed by atoms with Gasteiger partial charge in [0.25, 0.3) is 0 Å². The van der Waals surface area contributed by atoms with Crippen molar-refractivity contribution < 1.29 is 18.0 Å². The van der Waals surface area contributed by atoms with Crippen LogP contribution in [-0.4, -0.2) is 28.3 Å². The van der Waals surface area contributed by atoms with E-state index in [9.17, 15) is 18.0 Å². The van der Waals surface area contributed by atoms with Crippen LogP contribution in [0.25, 0.3) is 0 Å². The van der Waals surface area contributed by atoms with Gasteiger partial charge in [0.15, 0.2) is 5.78 Å². The molecule has 0 bridgehead atoms. The second-order valence-corrected chi connectivity index (χ2v) is 3.04. The fourth-order valence-corrected chi connectivity index (χ4v) is 1.16. The third-order valence-electron chi connectivity index (χ3n) is 1.92. The van der Waals surface area contributed by atoms with Gasteiger partial charge in [-0.25, -0.2) is 0 Å². The molecule has 0 saturated carbocycles. The molecule has 0 unspecified atom stereocenters. The van der Waals surface area contributed by atoms with Crippen LogP contribution in [0, 0.1) is 6.92 Å². The Kier molecular flexibility index (Phi) is 4.95. The number of rotatable bonds is 3. The number of Topliss-reactive ketones (excluding diaryl/α,β-unsaturated/α-hetero) is 1. The first kappa shape index (κ1) is 14.9. The monoisotopic (exact) mass is 257 g/mol. The molecule has 0 aliphatic heterocycles. The quantitative estimate of drug-likeness (QED) is 0.831. The Morgan fingerprint density at radius 2 is 2.12 bits per heavy atom. The van der Waals surface area contributed by atoms with E-state index < -0.39 is 18.5 Å². The number of halogens is 4. The minimum absolute atomic E-state index is 0. The van der Waals surface area contributed by atoms with E-state index in [1.807, 2.05) is 0 Å². The van der Waals surface area contributed by atoms with Gasteiger partial charge in [0.05, 0.1) is 18.3 Å². The van der Waals surface area contributed by atoms with Gasteiger partial charge in [-0.2, -0.15) is 18.3 Å². The third kappa shape index (κ3) is 3.49. The maximum atomic E-state index is 12.0. The standard InChI is InChI=1S/C8H10F3N3O.ClH/c1-5-6(7(15)2-12)3-13-14(5)4-8(9,10)11;/h3H,2,4,12H2,1H3;1H. The Labute approximate surface area is 96.0 Å². The van der Waals surface area contributed by atoms with Gasteiger partial charge in [-0.1, -0.05) is 0 Å². The molecular weight excluding hydrogens is 247 g/mol. The lowest BCUT2D eigenvalue weighted by atomic mass is 10.2. The first-order valence-corrected chi connectivity index (χ1v) is 4.17. The zero-order chi connectivity index (χ0) is 11.6. The van der Waals surface area contributed by atoms with E-state index in [-0.39, 0.29) is 30.2 Å². The molecule has 2 N–H and O–H groups in total. The Bertz CT molecular complexity index is 375. The molecule has 0 saturated heterocycles. The first-order chi connectivity index (χ1) is 6.85. The second kappa shape index (κ2) is 5.31. The normalized spacial score (nSPS) is 11.1. The van der Waals surface area contributed by atoms with E-state index in [1.165, 1.54) is 6.92 Å². The smallest absolute Gasteiger partial charge is 0.324 e. The number of nitrogens with zero attached hydrogens (tertiary/aromatic N) is 2. The number of carbonyl (C=O) groups excluding carboxylic acids is 1. The molecule has 8 heteroatoms. The van der Waals surface area contributed by atoms with Gasteiger partial charge in [-0.15, -0.1) is 12.4 Å². The molecule has 0 amide bonds. The molecule has 16 heavy (non-hydrogen) atoms. The van der Waals surface area contributed by atoms with Crippen LogP contribution >= 0.6 is 12.4 Å². The highest BCUT2D eigenvalue weighted by atomic mass is 35.5. The molecule has 0 aromatic carbocycles. The summed E-state index contributed by atoms with van der Waals surface area (Å²) in [5.41, 5.74) is 5.42. The van der Waals surface area contributed by atoms with E-state index in [2.05, 4.69) is 5.10 Å². The van der Waals surface area contributed by atoms with Crippen LogP contribution < -0.4 is 5.73 Å². The zero-order valence-corrected chi connectivity index (χ0v) is 9.23. The van der Waals surface area contributed by atoms with E-state index in [0.717, 1.165) is 10.9 Å². The minimum atomic E-state index is -4.35. The largest absolute Gasteiger partial charge is 0.408 e. The summed E-state index contributed by atoms with van der Waals surface area (Å²) in [7, 11) is 0. The van der Waals surface area contributed by atoms with Gasteiger partial charge < -0.3 is 5.73 Å². The molecule has 1 aromatic rings. The molecule has 0 spiro atoms. The van der Waals surface area contributed by atoms with Gasteiger partial charge in [0.2, 0.25) is 0 Å². The summed E-state index contributed by atoms with van der Waals surface area (Å²) in [6, 6.07) is 0. The van der Waals surface area contributed by atoms with E-state index in [4.69, 9.17) is 5.73 Å². The average Bonchev–Trinajstić information content (AvgIpc) is 2.45. The van der Waals surface area contributed by atoms with Crippen LogP contribution in [0.5, 0.6) is 0 Å². The van der Waals surface area contributed by atoms with E-state index in [1.54, 1.807) is 0 Å².